The number of guanidine groups is 2. The predicted octanol–water partition coefficient (Wildman–Crippen LogP) is 5.92. The maximum absolute atomic E-state index is 13.6. The molecule has 25 heteroatoms. The van der Waals surface area contributed by atoms with Crippen LogP contribution in [0.5, 0.6) is 0 Å². The Hall–Kier alpha value is -6.80. The maximum atomic E-state index is 13.6. The van der Waals surface area contributed by atoms with E-state index in [9.17, 15) is 36.0 Å². The van der Waals surface area contributed by atoms with Crippen molar-refractivity contribution in [3.05, 3.63) is 127 Å². The minimum Gasteiger partial charge on any atom is -0.369 e. The van der Waals surface area contributed by atoms with Crippen molar-refractivity contribution in [1.82, 2.24) is 46.0 Å². The van der Waals surface area contributed by atoms with Gasteiger partial charge in [0, 0.05) is 75.9 Å². The molecule has 0 unspecified atom stereocenters. The van der Waals surface area contributed by atoms with Gasteiger partial charge in [0.15, 0.2) is 0 Å². The lowest BCUT2D eigenvalue weighted by Gasteiger charge is -2.19. The van der Waals surface area contributed by atoms with Gasteiger partial charge in [-0.1, -0.05) is 73.7 Å². The molecule has 0 saturated heterocycles. The molecule has 4 aromatic carbocycles. The number of benzene rings is 4. The second-order valence-electron chi connectivity index (χ2n) is 20.5. The summed E-state index contributed by atoms with van der Waals surface area (Å²) in [5.74, 6) is -2.04. The number of halogens is 2. The van der Waals surface area contributed by atoms with E-state index in [1.807, 2.05) is 50.2 Å². The van der Waals surface area contributed by atoms with Crippen LogP contribution in [0.3, 0.4) is 0 Å². The molecule has 0 saturated carbocycles. The highest BCUT2D eigenvalue weighted by Gasteiger charge is 2.25. The number of hydrogen-bond donors (Lipinski definition) is 11. The molecule has 6 rings (SSSR count). The van der Waals surface area contributed by atoms with E-state index in [0.29, 0.717) is 61.2 Å². The second-order valence-corrected chi connectivity index (χ2v) is 25.5. The number of aliphatic imine (C=N–C) groups is 2. The van der Waals surface area contributed by atoms with Crippen LogP contribution in [0.2, 0.25) is 0 Å². The molecule has 13 N–H and O–H groups in total. The van der Waals surface area contributed by atoms with Gasteiger partial charge in [-0.05, 0) is 156 Å². The standard InChI is InChI=1S/C57H75Br2N13O8S2/c1-34-24-36(3)52(37(4)25-34)81(77,78)71-56(60)65-20-10-12-48(69-50(73)28-40-32-67-46-16-14-42(58)30-44(40)46)54(75)63-19-9-7-8-18-62-22-23-64-55(76)49(70-51(74)29-41-33-68-47-17-15-43(59)31-45(41)47)13-11-21-66-57(61)72-82(79,80)53-38(5)26-35(2)27-39(53)6/h14-17,24-27,30-33,48-49,62,67-68H,7-13,18-23,28-29H2,1-6H3,(H,63,75)(H,64,76)(H,69,73)(H,70,74)(H3,60,65,71)(H3,61,66,72)/t48-,49-/m1/s1. The fraction of sp³-hybridized carbons (Fsp3) is 0.404. The minimum absolute atomic E-state index is 0.0227. The fourth-order valence-electron chi connectivity index (χ4n) is 9.99. The smallest absolute Gasteiger partial charge is 0.264 e. The number of nitrogens with one attached hydrogen (secondary N) is 9. The fourth-order valence-corrected chi connectivity index (χ4v) is 13.5. The summed E-state index contributed by atoms with van der Waals surface area (Å²) in [6.07, 6.45) is 6.79. The zero-order chi connectivity index (χ0) is 59.7. The number of amides is 4. The van der Waals surface area contributed by atoms with Crippen LogP contribution in [0.4, 0.5) is 0 Å². The van der Waals surface area contributed by atoms with Gasteiger partial charge in [0.1, 0.15) is 12.1 Å². The molecule has 0 aliphatic rings. The monoisotopic (exact) mass is 1290 g/mol. The lowest BCUT2D eigenvalue weighted by molar-refractivity contribution is -0.128. The van der Waals surface area contributed by atoms with E-state index in [2.05, 4.69) is 87.8 Å². The van der Waals surface area contributed by atoms with Crippen molar-refractivity contribution in [1.29, 1.82) is 0 Å². The summed E-state index contributed by atoms with van der Waals surface area (Å²) >= 11 is 6.98. The molecule has 0 bridgehead atoms. The van der Waals surface area contributed by atoms with Gasteiger partial charge < -0.3 is 48.0 Å². The van der Waals surface area contributed by atoms with Crippen molar-refractivity contribution in [2.24, 2.45) is 21.5 Å². The lowest BCUT2D eigenvalue weighted by Crippen LogP contribution is -2.48. The summed E-state index contributed by atoms with van der Waals surface area (Å²) in [4.78, 5) is 69.2. The van der Waals surface area contributed by atoms with Crippen molar-refractivity contribution >= 4 is 109 Å². The summed E-state index contributed by atoms with van der Waals surface area (Å²) < 4.78 is 59.3. The van der Waals surface area contributed by atoms with Crippen molar-refractivity contribution in [2.75, 3.05) is 39.3 Å². The topological polar surface area (TPSA) is 329 Å². The molecule has 0 radical (unpaired) electrons. The number of aromatic amines is 2. The third kappa shape index (κ3) is 18.9. The van der Waals surface area contributed by atoms with Crippen molar-refractivity contribution in [2.45, 2.75) is 121 Å². The highest BCUT2D eigenvalue weighted by atomic mass is 79.9. The van der Waals surface area contributed by atoms with Gasteiger partial charge in [0.05, 0.1) is 22.6 Å². The van der Waals surface area contributed by atoms with Crippen molar-refractivity contribution in [3.63, 3.8) is 0 Å². The van der Waals surface area contributed by atoms with E-state index >= 15 is 0 Å². The average Bonchev–Trinajstić information content (AvgIpc) is 4.11. The summed E-state index contributed by atoms with van der Waals surface area (Å²) in [7, 11) is -8.02. The van der Waals surface area contributed by atoms with Crippen LogP contribution in [0.25, 0.3) is 21.8 Å². The Morgan fingerprint density at radius 2 is 0.939 bits per heavy atom. The highest BCUT2D eigenvalue weighted by molar-refractivity contribution is 9.10. The number of fused-ring (bicyclic) bond motifs is 2. The number of sulfonamides is 2. The highest BCUT2D eigenvalue weighted by Crippen LogP contribution is 2.26. The SMILES string of the molecule is Cc1cc(C)c(S(=O)(=O)NC(N)=NCCC[C@@H](NC(=O)Cc2c[nH]c3ccc(Br)cc23)C(=O)NCCCCCNCCNC(=O)[C@@H](CCCN=C(N)NS(=O)(=O)c2c(C)cc(C)cc2C)NC(=O)Cc2c[nH]c3ccc(Br)cc23)c(C)c1. The first-order valence-corrected chi connectivity index (χ1v) is 31.6. The number of rotatable bonds is 29. The molecule has 6 aromatic rings. The Kier molecular flexibility index (Phi) is 23.5. The molecule has 0 aliphatic carbocycles. The Bertz CT molecular complexity index is 3290. The first-order chi connectivity index (χ1) is 38.9. The summed E-state index contributed by atoms with van der Waals surface area (Å²) in [5, 5.41) is 16.7. The molecule has 442 valence electrons. The second kappa shape index (κ2) is 30.0. The largest absolute Gasteiger partial charge is 0.369 e. The number of H-pyrrole nitrogens is 2. The number of unbranched alkanes of at least 4 members (excludes halogenated alkanes) is 2. The molecule has 82 heavy (non-hydrogen) atoms. The molecule has 2 heterocycles. The van der Waals surface area contributed by atoms with Gasteiger partial charge in [-0.2, -0.15) is 0 Å². The van der Waals surface area contributed by atoms with E-state index in [0.717, 1.165) is 65.8 Å². The Morgan fingerprint density at radius 1 is 0.537 bits per heavy atom. The molecule has 21 nitrogen and oxygen atoms in total. The molecular formula is C57H75Br2N13O8S2. The van der Waals surface area contributed by atoms with Gasteiger partial charge in [-0.25, -0.2) is 26.3 Å². The quantitative estimate of drug-likeness (QED) is 0.0149. The maximum Gasteiger partial charge on any atom is 0.264 e. The predicted molar refractivity (Wildman–Crippen MR) is 329 cm³/mol. The number of hydrogen-bond acceptors (Lipinski definition) is 11. The van der Waals surface area contributed by atoms with Crippen LogP contribution in [0.15, 0.2) is 102 Å². The van der Waals surface area contributed by atoms with Crippen LogP contribution < -0.4 is 47.5 Å². The number of carbonyl (C=O) groups excluding carboxylic acids is 4. The first-order valence-electron chi connectivity index (χ1n) is 27.1. The van der Waals surface area contributed by atoms with E-state index in [-0.39, 0.29) is 90.7 Å². The van der Waals surface area contributed by atoms with Crippen LogP contribution in [0.1, 0.15) is 89.5 Å². The van der Waals surface area contributed by atoms with E-state index in [4.69, 9.17) is 11.5 Å². The van der Waals surface area contributed by atoms with E-state index < -0.39 is 32.1 Å². The molecule has 2 atom stereocenters. The van der Waals surface area contributed by atoms with E-state index in [1.54, 1.807) is 64.4 Å². The zero-order valence-corrected chi connectivity index (χ0v) is 51.9. The number of aromatic nitrogens is 2. The summed E-state index contributed by atoms with van der Waals surface area (Å²) in [5.41, 5.74) is 19.5. The molecule has 4 amide bonds. The Balaban J connectivity index is 0.956. The van der Waals surface area contributed by atoms with Crippen LogP contribution in [-0.4, -0.2) is 114 Å². The molecule has 0 fully saturated rings. The zero-order valence-electron chi connectivity index (χ0n) is 47.1. The molecule has 2 aromatic heterocycles. The summed E-state index contributed by atoms with van der Waals surface area (Å²) in [6, 6.07) is 16.7. The number of nitrogens with two attached hydrogens (primary N) is 2. The van der Waals surface area contributed by atoms with Crippen LogP contribution >= 0.6 is 31.9 Å². The number of nitrogens with zero attached hydrogens (tertiary/aromatic N) is 2. The van der Waals surface area contributed by atoms with Gasteiger partial charge >= 0.3 is 0 Å². The molecular weight excluding hydrogens is 1220 g/mol. The third-order valence-corrected chi connectivity index (χ3v) is 17.8. The molecule has 0 aliphatic heterocycles. The van der Waals surface area contributed by atoms with Gasteiger partial charge in [0.25, 0.3) is 20.0 Å². The number of aryl methyl sites for hydroxylation is 6. The summed E-state index contributed by atoms with van der Waals surface area (Å²) in [6.45, 7) is 12.5. The van der Waals surface area contributed by atoms with Gasteiger partial charge in [-0.3, -0.25) is 29.2 Å². The lowest BCUT2D eigenvalue weighted by atomic mass is 10.1. The first kappa shape index (κ1) is 64.4. The van der Waals surface area contributed by atoms with Gasteiger partial charge in [0.2, 0.25) is 35.5 Å². The normalized spacial score (nSPS) is 13.0. The van der Waals surface area contributed by atoms with Crippen molar-refractivity contribution in [3.8, 4) is 0 Å². The average molecular weight is 1290 g/mol. The van der Waals surface area contributed by atoms with Crippen LogP contribution in [0, 0.1) is 41.5 Å². The van der Waals surface area contributed by atoms with Gasteiger partial charge in [-0.15, -0.1) is 0 Å². The molecule has 0 spiro atoms. The Morgan fingerprint density at radius 3 is 1.37 bits per heavy atom. The Labute approximate surface area is 496 Å². The minimum atomic E-state index is -4.01. The third-order valence-electron chi connectivity index (χ3n) is 13.5. The number of carbonyl (C=O) groups is 4. The van der Waals surface area contributed by atoms with Crippen molar-refractivity contribution < 1.29 is 36.0 Å². The van der Waals surface area contributed by atoms with Crippen LogP contribution in [-0.2, 0) is 52.1 Å². The van der Waals surface area contributed by atoms with E-state index in [1.165, 1.54) is 0 Å².